The zero-order valence-corrected chi connectivity index (χ0v) is 17.6. The molecule has 3 aromatic rings. The van der Waals surface area contributed by atoms with Gasteiger partial charge in [0, 0.05) is 36.7 Å². The van der Waals surface area contributed by atoms with Crippen LogP contribution in [0.2, 0.25) is 0 Å². The molecule has 0 aliphatic carbocycles. The van der Waals surface area contributed by atoms with Gasteiger partial charge in [-0.15, -0.1) is 5.10 Å². The van der Waals surface area contributed by atoms with Crippen molar-refractivity contribution in [3.63, 3.8) is 0 Å². The van der Waals surface area contributed by atoms with E-state index >= 15 is 0 Å². The molecule has 0 spiro atoms. The average Bonchev–Trinajstić information content (AvgIpc) is 3.18. The molecule has 10 heteroatoms. The molecule has 4 rings (SSSR count). The van der Waals surface area contributed by atoms with Crippen molar-refractivity contribution >= 4 is 15.7 Å². The first-order chi connectivity index (χ1) is 13.7. The Balaban J connectivity index is 1.71. The second kappa shape index (κ2) is 6.89. The number of likely N-dealkylation sites (N-methyl/N-ethyl adjacent to an activating group) is 1. The van der Waals surface area contributed by atoms with Gasteiger partial charge >= 0.3 is 0 Å². The number of hydrogen-bond acceptors (Lipinski definition) is 8. The van der Waals surface area contributed by atoms with Crippen molar-refractivity contribution in [2.45, 2.75) is 17.4 Å². The minimum absolute atomic E-state index is 0.149. The van der Waals surface area contributed by atoms with Gasteiger partial charge in [0.1, 0.15) is 5.82 Å². The van der Waals surface area contributed by atoms with E-state index in [0.717, 1.165) is 24.5 Å². The third kappa shape index (κ3) is 3.49. The zero-order chi connectivity index (χ0) is 20.8. The number of aromatic nitrogens is 5. The Hall–Kier alpha value is -2.85. The SMILES string of the molecule is CN(C)C1(C)CN(c2ccc(-c3cccc(S(C)(=O)=O)c3-c3nnn[nH]3)cn2)C1. The molecule has 2 aromatic heterocycles. The fourth-order valence-electron chi connectivity index (χ4n) is 3.54. The maximum atomic E-state index is 12.3. The van der Waals surface area contributed by atoms with Crippen molar-refractivity contribution in [3.05, 3.63) is 36.5 Å². The van der Waals surface area contributed by atoms with Gasteiger partial charge < -0.3 is 9.80 Å². The number of nitrogens with one attached hydrogen (secondary N) is 1. The van der Waals surface area contributed by atoms with E-state index in [0.29, 0.717) is 17.0 Å². The zero-order valence-electron chi connectivity index (χ0n) is 16.8. The molecule has 0 unspecified atom stereocenters. The van der Waals surface area contributed by atoms with Crippen LogP contribution in [-0.4, -0.2) is 77.9 Å². The second-order valence-corrected chi connectivity index (χ2v) is 9.84. The Bertz CT molecular complexity index is 1120. The van der Waals surface area contributed by atoms with Crippen LogP contribution in [0.1, 0.15) is 6.92 Å². The van der Waals surface area contributed by atoms with Crippen LogP contribution in [0.3, 0.4) is 0 Å². The third-order valence-electron chi connectivity index (χ3n) is 5.53. The molecule has 1 saturated heterocycles. The monoisotopic (exact) mass is 413 g/mol. The Morgan fingerprint density at radius 3 is 2.48 bits per heavy atom. The Labute approximate surface area is 169 Å². The van der Waals surface area contributed by atoms with E-state index in [1.165, 1.54) is 6.26 Å². The molecule has 1 aromatic carbocycles. The highest BCUT2D eigenvalue weighted by atomic mass is 32.2. The molecule has 29 heavy (non-hydrogen) atoms. The van der Waals surface area contributed by atoms with Crippen LogP contribution in [-0.2, 0) is 9.84 Å². The van der Waals surface area contributed by atoms with E-state index in [9.17, 15) is 8.42 Å². The summed E-state index contributed by atoms with van der Waals surface area (Å²) in [5, 5.41) is 13.8. The summed E-state index contributed by atoms with van der Waals surface area (Å²) in [6.45, 7) is 4.04. The van der Waals surface area contributed by atoms with Crippen molar-refractivity contribution in [2.75, 3.05) is 38.3 Å². The van der Waals surface area contributed by atoms with Gasteiger partial charge in [-0.1, -0.05) is 12.1 Å². The van der Waals surface area contributed by atoms with Crippen LogP contribution >= 0.6 is 0 Å². The van der Waals surface area contributed by atoms with E-state index in [4.69, 9.17) is 0 Å². The summed E-state index contributed by atoms with van der Waals surface area (Å²) in [7, 11) is 0.695. The molecule has 0 atom stereocenters. The molecule has 1 aliphatic heterocycles. The molecule has 3 heterocycles. The Morgan fingerprint density at radius 2 is 1.93 bits per heavy atom. The Kier molecular flexibility index (Phi) is 4.62. The van der Waals surface area contributed by atoms with Crippen LogP contribution in [0, 0.1) is 0 Å². The smallest absolute Gasteiger partial charge is 0.181 e. The first-order valence-corrected chi connectivity index (χ1v) is 11.0. The fourth-order valence-corrected chi connectivity index (χ4v) is 4.45. The number of nitrogens with zero attached hydrogens (tertiary/aromatic N) is 6. The normalized spacial score (nSPS) is 16.1. The number of rotatable bonds is 5. The Morgan fingerprint density at radius 1 is 1.17 bits per heavy atom. The predicted octanol–water partition coefficient (Wildman–Crippen LogP) is 1.47. The lowest BCUT2D eigenvalue weighted by Crippen LogP contribution is -2.67. The highest BCUT2D eigenvalue weighted by molar-refractivity contribution is 7.90. The van der Waals surface area contributed by atoms with Crippen molar-refractivity contribution < 1.29 is 8.42 Å². The quantitative estimate of drug-likeness (QED) is 0.670. The number of benzene rings is 1. The van der Waals surface area contributed by atoms with Gasteiger partial charge in [-0.2, -0.15) is 0 Å². The van der Waals surface area contributed by atoms with Gasteiger partial charge in [0.05, 0.1) is 10.4 Å². The lowest BCUT2D eigenvalue weighted by molar-refractivity contribution is 0.132. The van der Waals surface area contributed by atoms with Gasteiger partial charge in [-0.3, -0.25) is 0 Å². The first-order valence-electron chi connectivity index (χ1n) is 9.15. The van der Waals surface area contributed by atoms with Crippen LogP contribution < -0.4 is 4.90 Å². The highest BCUT2D eigenvalue weighted by Crippen LogP contribution is 2.36. The summed E-state index contributed by atoms with van der Waals surface area (Å²) in [5.74, 6) is 1.20. The maximum absolute atomic E-state index is 12.3. The van der Waals surface area contributed by atoms with Crippen molar-refractivity contribution in [1.82, 2.24) is 30.5 Å². The molecule has 0 bridgehead atoms. The minimum atomic E-state index is -3.48. The van der Waals surface area contributed by atoms with E-state index in [1.54, 1.807) is 18.3 Å². The van der Waals surface area contributed by atoms with Gasteiger partial charge in [-0.05, 0) is 55.2 Å². The number of pyridine rings is 1. The van der Waals surface area contributed by atoms with E-state index in [-0.39, 0.29) is 10.4 Å². The molecule has 0 radical (unpaired) electrons. The number of aromatic amines is 1. The number of H-pyrrole nitrogens is 1. The van der Waals surface area contributed by atoms with E-state index in [1.807, 2.05) is 18.2 Å². The summed E-state index contributed by atoms with van der Waals surface area (Å²) >= 11 is 0. The standard InChI is InChI=1S/C19H23N7O2S/c1-19(25(2)3)11-26(12-19)16-9-8-13(10-20-16)14-6-5-7-15(29(4,27)28)17(14)18-21-23-24-22-18/h5-10H,11-12H2,1-4H3,(H,21,22,23,24). The summed E-state index contributed by atoms with van der Waals surface area (Å²) < 4.78 is 24.7. The molecule has 0 saturated carbocycles. The van der Waals surface area contributed by atoms with Crippen molar-refractivity contribution in [3.8, 4) is 22.5 Å². The van der Waals surface area contributed by atoms with Gasteiger partial charge in [-0.25, -0.2) is 18.5 Å². The van der Waals surface area contributed by atoms with Gasteiger partial charge in [0.15, 0.2) is 15.7 Å². The predicted molar refractivity (Wildman–Crippen MR) is 110 cm³/mol. The minimum Gasteiger partial charge on any atom is -0.353 e. The summed E-state index contributed by atoms with van der Waals surface area (Å²) in [4.78, 5) is 9.23. The molecule has 0 amide bonds. The van der Waals surface area contributed by atoms with Crippen LogP contribution in [0.5, 0.6) is 0 Å². The number of anilines is 1. The molecule has 1 fully saturated rings. The highest BCUT2D eigenvalue weighted by Gasteiger charge is 2.41. The van der Waals surface area contributed by atoms with Gasteiger partial charge in [0.25, 0.3) is 0 Å². The molecule has 1 aliphatic rings. The molecule has 1 N–H and O–H groups in total. The molecule has 9 nitrogen and oxygen atoms in total. The van der Waals surface area contributed by atoms with Crippen molar-refractivity contribution in [2.24, 2.45) is 0 Å². The molecular weight excluding hydrogens is 390 g/mol. The largest absolute Gasteiger partial charge is 0.353 e. The van der Waals surface area contributed by atoms with E-state index < -0.39 is 9.84 Å². The number of tetrazole rings is 1. The van der Waals surface area contributed by atoms with Gasteiger partial charge in [0.2, 0.25) is 0 Å². The molecular formula is C19H23N7O2S. The van der Waals surface area contributed by atoms with Crippen LogP contribution in [0.15, 0.2) is 41.4 Å². The number of hydrogen-bond donors (Lipinski definition) is 1. The topological polar surface area (TPSA) is 108 Å². The van der Waals surface area contributed by atoms with Crippen LogP contribution in [0.25, 0.3) is 22.5 Å². The fraction of sp³-hybridized carbons (Fsp3) is 0.368. The summed E-state index contributed by atoms with van der Waals surface area (Å²) in [6.07, 6.45) is 2.93. The van der Waals surface area contributed by atoms with Crippen LogP contribution in [0.4, 0.5) is 5.82 Å². The summed E-state index contributed by atoms with van der Waals surface area (Å²) in [5.41, 5.74) is 2.09. The third-order valence-corrected chi connectivity index (χ3v) is 6.67. The van der Waals surface area contributed by atoms with Crippen molar-refractivity contribution in [1.29, 1.82) is 0 Å². The first kappa shape index (κ1) is 19.5. The number of sulfone groups is 1. The maximum Gasteiger partial charge on any atom is 0.181 e. The lowest BCUT2D eigenvalue weighted by atomic mass is 9.91. The molecule has 152 valence electrons. The summed E-state index contributed by atoms with van der Waals surface area (Å²) in [6, 6.07) is 9.02. The second-order valence-electron chi connectivity index (χ2n) is 7.85. The van der Waals surface area contributed by atoms with E-state index in [2.05, 4.69) is 56.4 Å². The lowest BCUT2D eigenvalue weighted by Gasteiger charge is -2.52. The average molecular weight is 414 g/mol.